The van der Waals surface area contributed by atoms with Gasteiger partial charge >= 0.3 is 6.03 Å². The molecule has 0 bridgehead atoms. The molecule has 0 aliphatic heterocycles. The first-order valence-electron chi connectivity index (χ1n) is 4.51. The highest BCUT2D eigenvalue weighted by Crippen LogP contribution is 2.57. The molecule has 18 heavy (non-hydrogen) atoms. The molecule has 2 amide bonds. The summed E-state index contributed by atoms with van der Waals surface area (Å²) >= 11 is 10.5. The van der Waals surface area contributed by atoms with Crippen LogP contribution < -0.4 is 15.4 Å². The maximum atomic E-state index is 11.3. The molecule has 0 saturated carbocycles. The van der Waals surface area contributed by atoms with Crippen LogP contribution in [0.4, 0.5) is 10.6 Å². The molecule has 0 aliphatic carbocycles. The highest BCUT2D eigenvalue weighted by molar-refractivity contribution is 8.10. The third kappa shape index (κ3) is 5.86. The number of ether oxygens (including phenoxy) is 1. The van der Waals surface area contributed by atoms with Gasteiger partial charge in [0.2, 0.25) is 5.88 Å². The van der Waals surface area contributed by atoms with Crippen molar-refractivity contribution in [1.82, 2.24) is 15.3 Å². The van der Waals surface area contributed by atoms with E-state index in [1.165, 1.54) is 19.5 Å². The molecule has 0 fully saturated rings. The maximum absolute atomic E-state index is 11.3. The average Bonchev–Trinajstić information content (AvgIpc) is 2.28. The molecule has 1 aromatic heterocycles. The Kier molecular flexibility index (Phi) is 5.40. The first-order valence-corrected chi connectivity index (χ1v) is 8.09. The SMILES string of the molecule is COc1cnc(NC(=O)N/C=C/P(=O)(Cl)Cl)cn1. The number of amides is 2. The van der Waals surface area contributed by atoms with Gasteiger partial charge in [-0.15, -0.1) is 0 Å². The van der Waals surface area contributed by atoms with Crippen molar-refractivity contribution in [2.45, 2.75) is 0 Å². The van der Waals surface area contributed by atoms with Gasteiger partial charge in [-0.2, -0.15) is 0 Å². The Morgan fingerprint density at radius 2 is 2.17 bits per heavy atom. The van der Waals surface area contributed by atoms with Gasteiger partial charge in [-0.05, 0) is 22.5 Å². The molecule has 0 aromatic carbocycles. The Morgan fingerprint density at radius 1 is 1.44 bits per heavy atom. The Bertz CT molecular complexity index is 488. The maximum Gasteiger partial charge on any atom is 0.324 e. The molecule has 0 aliphatic rings. The van der Waals surface area contributed by atoms with Crippen LogP contribution in [0.1, 0.15) is 0 Å². The van der Waals surface area contributed by atoms with Crippen molar-refractivity contribution < 1.29 is 14.1 Å². The summed E-state index contributed by atoms with van der Waals surface area (Å²) in [6, 6.07) is -0.604. The molecule has 2 N–H and O–H groups in total. The van der Waals surface area contributed by atoms with Crippen molar-refractivity contribution in [1.29, 1.82) is 0 Å². The van der Waals surface area contributed by atoms with Crippen LogP contribution in [0, 0.1) is 0 Å². The fourth-order valence-corrected chi connectivity index (χ4v) is 1.42. The Labute approximate surface area is 112 Å². The number of nitrogens with zero attached hydrogens (tertiary/aromatic N) is 2. The molecule has 0 spiro atoms. The molecule has 0 atom stereocenters. The number of halogens is 2. The van der Waals surface area contributed by atoms with Crippen LogP contribution in [0.15, 0.2) is 24.4 Å². The number of rotatable bonds is 4. The van der Waals surface area contributed by atoms with E-state index in [0.717, 1.165) is 12.0 Å². The van der Waals surface area contributed by atoms with E-state index in [9.17, 15) is 9.36 Å². The van der Waals surface area contributed by atoms with E-state index < -0.39 is 11.9 Å². The minimum Gasteiger partial charge on any atom is -0.480 e. The largest absolute Gasteiger partial charge is 0.480 e. The van der Waals surface area contributed by atoms with Crippen molar-refractivity contribution in [2.75, 3.05) is 12.4 Å². The fraction of sp³-hybridized carbons (Fsp3) is 0.125. The van der Waals surface area contributed by atoms with Gasteiger partial charge in [0.1, 0.15) is 0 Å². The smallest absolute Gasteiger partial charge is 0.324 e. The second kappa shape index (κ2) is 6.58. The zero-order chi connectivity index (χ0) is 13.6. The summed E-state index contributed by atoms with van der Waals surface area (Å²) in [5, 5.41) is 4.62. The second-order valence-corrected chi connectivity index (χ2v) is 7.70. The zero-order valence-corrected chi connectivity index (χ0v) is 11.5. The summed E-state index contributed by atoms with van der Waals surface area (Å²) in [5.41, 5.74) is 0. The molecule has 98 valence electrons. The number of carbonyl (C=O) groups excluding carboxylic acids is 1. The number of nitrogens with one attached hydrogen (secondary N) is 2. The standard InChI is InChI=1S/C8H9Cl2N4O3P/c1-17-7-5-12-6(4-13-7)14-8(15)11-2-3-18(9,10)16/h2-5H,1H3,(H2,11,12,14,15)/b3-2+. The van der Waals surface area contributed by atoms with Gasteiger partial charge in [-0.3, -0.25) is 9.88 Å². The number of carbonyl (C=O) groups is 1. The highest BCUT2D eigenvalue weighted by atomic mass is 35.9. The normalized spacial score (nSPS) is 11.3. The number of urea groups is 1. The zero-order valence-electron chi connectivity index (χ0n) is 9.13. The Hall–Kier alpha value is -1.30. The number of anilines is 1. The lowest BCUT2D eigenvalue weighted by atomic mass is 10.6. The first-order chi connectivity index (χ1) is 8.40. The van der Waals surface area contributed by atoms with Crippen molar-refractivity contribution in [3.8, 4) is 5.88 Å². The van der Waals surface area contributed by atoms with Crippen LogP contribution in [0.25, 0.3) is 0 Å². The van der Waals surface area contributed by atoms with Crippen molar-refractivity contribution in [2.24, 2.45) is 0 Å². The van der Waals surface area contributed by atoms with Crippen LogP contribution in [0.5, 0.6) is 5.88 Å². The lowest BCUT2D eigenvalue weighted by Gasteiger charge is -2.03. The third-order valence-electron chi connectivity index (χ3n) is 1.54. The van der Waals surface area contributed by atoms with Gasteiger partial charge in [0.15, 0.2) is 5.82 Å². The molecule has 7 nitrogen and oxygen atoms in total. The van der Waals surface area contributed by atoms with E-state index >= 15 is 0 Å². The predicted molar refractivity (Wildman–Crippen MR) is 69.2 cm³/mol. The third-order valence-corrected chi connectivity index (χ3v) is 2.71. The topological polar surface area (TPSA) is 93.2 Å². The molecule has 10 heteroatoms. The van der Waals surface area contributed by atoms with E-state index in [1.54, 1.807) is 0 Å². The number of methoxy groups -OCH3 is 1. The molecule has 1 rings (SSSR count). The minimum atomic E-state index is -3.34. The summed E-state index contributed by atoms with van der Waals surface area (Å²) in [6.45, 7) is 0. The average molecular weight is 311 g/mol. The highest BCUT2D eigenvalue weighted by Gasteiger charge is 2.07. The summed E-state index contributed by atoms with van der Waals surface area (Å²) in [4.78, 5) is 19.0. The first kappa shape index (κ1) is 14.8. The van der Waals surface area contributed by atoms with E-state index in [0.29, 0.717) is 5.88 Å². The van der Waals surface area contributed by atoms with Crippen LogP contribution in [-0.4, -0.2) is 23.1 Å². The van der Waals surface area contributed by atoms with Gasteiger partial charge in [0.05, 0.1) is 19.5 Å². The van der Waals surface area contributed by atoms with Gasteiger partial charge in [0, 0.05) is 12.0 Å². The van der Waals surface area contributed by atoms with E-state index in [-0.39, 0.29) is 5.82 Å². The predicted octanol–water partition coefficient (Wildman–Crippen LogP) is 2.75. The lowest BCUT2D eigenvalue weighted by Crippen LogP contribution is -2.24. The summed E-state index contributed by atoms with van der Waals surface area (Å²) in [7, 11) is 1.45. The summed E-state index contributed by atoms with van der Waals surface area (Å²) in [6.07, 6.45) is 3.74. The second-order valence-electron chi connectivity index (χ2n) is 2.86. The molecule has 1 aromatic rings. The number of aromatic nitrogens is 2. The van der Waals surface area contributed by atoms with Crippen LogP contribution in [-0.2, 0) is 4.57 Å². The molecular formula is C8H9Cl2N4O3P. The van der Waals surface area contributed by atoms with E-state index in [2.05, 4.69) is 20.6 Å². The molecular weight excluding hydrogens is 302 g/mol. The van der Waals surface area contributed by atoms with Gasteiger partial charge in [-0.25, -0.2) is 14.8 Å². The van der Waals surface area contributed by atoms with Crippen LogP contribution in [0.2, 0.25) is 0 Å². The van der Waals surface area contributed by atoms with Crippen molar-refractivity contribution in [3.63, 3.8) is 0 Å². The van der Waals surface area contributed by atoms with Crippen LogP contribution in [0.3, 0.4) is 0 Å². The Balaban J connectivity index is 2.49. The lowest BCUT2D eigenvalue weighted by molar-refractivity contribution is 0.255. The molecule has 1 heterocycles. The monoisotopic (exact) mass is 310 g/mol. The van der Waals surface area contributed by atoms with Gasteiger partial charge < -0.3 is 10.1 Å². The molecule has 0 unspecified atom stereocenters. The minimum absolute atomic E-state index is 0.224. The van der Waals surface area contributed by atoms with E-state index in [1.807, 2.05) is 0 Å². The van der Waals surface area contributed by atoms with Crippen molar-refractivity contribution >= 4 is 40.2 Å². The fourth-order valence-electron chi connectivity index (χ4n) is 0.838. The summed E-state index contributed by atoms with van der Waals surface area (Å²) in [5.74, 6) is -1.81. The van der Waals surface area contributed by atoms with Crippen molar-refractivity contribution in [3.05, 3.63) is 24.4 Å². The number of hydrogen-bond acceptors (Lipinski definition) is 5. The Morgan fingerprint density at radius 3 is 2.67 bits per heavy atom. The molecule has 0 radical (unpaired) electrons. The van der Waals surface area contributed by atoms with Gasteiger partial charge in [0.25, 0.3) is 5.85 Å². The summed E-state index contributed by atoms with van der Waals surface area (Å²) < 4.78 is 15.7. The van der Waals surface area contributed by atoms with Crippen LogP contribution >= 0.6 is 28.3 Å². The quantitative estimate of drug-likeness (QED) is 0.834. The van der Waals surface area contributed by atoms with E-state index in [4.69, 9.17) is 27.2 Å². The molecule has 0 saturated heterocycles. The van der Waals surface area contributed by atoms with Gasteiger partial charge in [-0.1, -0.05) is 0 Å². The number of hydrogen-bond donors (Lipinski definition) is 2.